The number of hydrogen-bond donors (Lipinski definition) is 0. The fourth-order valence-electron chi connectivity index (χ4n) is 2.82. The Morgan fingerprint density at radius 1 is 1.35 bits per heavy atom. The van der Waals surface area contributed by atoms with Gasteiger partial charge in [-0.15, -0.1) is 0 Å². The van der Waals surface area contributed by atoms with E-state index >= 15 is 0 Å². The molecule has 0 N–H and O–H groups in total. The molecule has 0 atom stereocenters. The highest BCUT2D eigenvalue weighted by Crippen LogP contribution is 2.23. The highest BCUT2D eigenvalue weighted by atomic mass is 16.3. The molecule has 0 bridgehead atoms. The van der Waals surface area contributed by atoms with Crippen molar-refractivity contribution in [1.29, 1.82) is 0 Å². The van der Waals surface area contributed by atoms with E-state index in [1.807, 2.05) is 34.6 Å². The minimum absolute atomic E-state index is 0.126. The third-order valence-electron chi connectivity index (χ3n) is 3.91. The first-order valence-corrected chi connectivity index (χ1v) is 7.28. The van der Waals surface area contributed by atoms with Gasteiger partial charge in [0, 0.05) is 31.8 Å². The molecule has 2 aromatic heterocycles. The number of carbonyl (C=O) groups is 1. The summed E-state index contributed by atoms with van der Waals surface area (Å²) >= 11 is 0. The van der Waals surface area contributed by atoms with Crippen molar-refractivity contribution in [3.8, 4) is 0 Å². The van der Waals surface area contributed by atoms with E-state index in [1.165, 1.54) is 6.42 Å². The van der Waals surface area contributed by atoms with Gasteiger partial charge in [-0.05, 0) is 26.2 Å². The molecular weight excluding hydrogens is 252 g/mol. The van der Waals surface area contributed by atoms with Crippen LogP contribution in [-0.4, -0.2) is 28.5 Å². The molecule has 1 aliphatic rings. The first-order chi connectivity index (χ1) is 9.81. The first kappa shape index (κ1) is 13.0. The van der Waals surface area contributed by atoms with Crippen LogP contribution in [0, 0.1) is 0 Å². The number of aromatic nitrogens is 1. The fourth-order valence-corrected chi connectivity index (χ4v) is 2.82. The summed E-state index contributed by atoms with van der Waals surface area (Å²) < 4.78 is 7.48. The summed E-state index contributed by atoms with van der Waals surface area (Å²) in [4.78, 5) is 14.7. The summed E-state index contributed by atoms with van der Waals surface area (Å²) in [5.74, 6) is 0.126. The molecule has 0 spiro atoms. The van der Waals surface area contributed by atoms with E-state index in [0.29, 0.717) is 6.54 Å². The molecule has 20 heavy (non-hydrogen) atoms. The van der Waals surface area contributed by atoms with Gasteiger partial charge < -0.3 is 13.9 Å². The highest BCUT2D eigenvalue weighted by Gasteiger charge is 2.23. The van der Waals surface area contributed by atoms with Gasteiger partial charge in [0.1, 0.15) is 5.69 Å². The lowest BCUT2D eigenvalue weighted by molar-refractivity contribution is 0.0714. The van der Waals surface area contributed by atoms with Crippen LogP contribution >= 0.6 is 0 Å². The molecule has 4 nitrogen and oxygen atoms in total. The number of likely N-dealkylation sites (tertiary alicyclic amines) is 1. The van der Waals surface area contributed by atoms with Crippen molar-refractivity contribution in [3.05, 3.63) is 36.2 Å². The van der Waals surface area contributed by atoms with Gasteiger partial charge in [0.2, 0.25) is 0 Å². The summed E-state index contributed by atoms with van der Waals surface area (Å²) in [7, 11) is 0. The smallest absolute Gasteiger partial charge is 0.270 e. The molecule has 0 aromatic carbocycles. The Bertz CT molecular complexity index is 630. The molecule has 1 aliphatic heterocycles. The molecule has 0 radical (unpaired) electrons. The van der Waals surface area contributed by atoms with Crippen molar-refractivity contribution in [3.63, 3.8) is 0 Å². The number of rotatable bonds is 3. The van der Waals surface area contributed by atoms with Gasteiger partial charge >= 0.3 is 0 Å². The number of amides is 1. The second-order valence-electron chi connectivity index (χ2n) is 5.23. The number of nitrogens with zero attached hydrogens (tertiary/aromatic N) is 2. The number of allylic oxidation sites excluding steroid dienone is 2. The Hall–Kier alpha value is -1.97. The van der Waals surface area contributed by atoms with Crippen molar-refractivity contribution in [2.75, 3.05) is 13.1 Å². The van der Waals surface area contributed by atoms with Gasteiger partial charge in [0.05, 0.1) is 11.8 Å². The largest absolute Gasteiger partial charge is 0.463 e. The summed E-state index contributed by atoms with van der Waals surface area (Å²) in [6.07, 6.45) is 9.17. The van der Waals surface area contributed by atoms with Crippen LogP contribution in [0.4, 0.5) is 0 Å². The summed E-state index contributed by atoms with van der Waals surface area (Å²) in [5, 5.41) is 0. The maximum absolute atomic E-state index is 12.7. The van der Waals surface area contributed by atoms with Gasteiger partial charge in [-0.2, -0.15) is 0 Å². The molecule has 3 rings (SSSR count). The zero-order valence-electron chi connectivity index (χ0n) is 11.8. The van der Waals surface area contributed by atoms with Crippen molar-refractivity contribution in [2.45, 2.75) is 32.7 Å². The molecule has 3 heterocycles. The van der Waals surface area contributed by atoms with E-state index in [2.05, 4.69) is 6.08 Å². The van der Waals surface area contributed by atoms with Crippen molar-refractivity contribution >= 4 is 17.0 Å². The molecule has 1 fully saturated rings. The fraction of sp³-hybridized carbons (Fsp3) is 0.438. The highest BCUT2D eigenvalue weighted by molar-refractivity contribution is 5.97. The molecule has 4 heteroatoms. The summed E-state index contributed by atoms with van der Waals surface area (Å²) in [6, 6.07) is 3.79. The average molecular weight is 272 g/mol. The summed E-state index contributed by atoms with van der Waals surface area (Å²) in [5.41, 5.74) is 2.51. The monoisotopic (exact) mass is 272 g/mol. The minimum atomic E-state index is 0.126. The molecule has 0 unspecified atom stereocenters. The van der Waals surface area contributed by atoms with Gasteiger partial charge in [0.15, 0.2) is 5.58 Å². The molecule has 1 amide bonds. The van der Waals surface area contributed by atoms with Gasteiger partial charge in [-0.1, -0.05) is 12.2 Å². The average Bonchev–Trinajstić information content (AvgIpc) is 3.06. The third-order valence-corrected chi connectivity index (χ3v) is 3.91. The third kappa shape index (κ3) is 2.26. The van der Waals surface area contributed by atoms with Crippen molar-refractivity contribution in [2.24, 2.45) is 0 Å². The lowest BCUT2D eigenvalue weighted by Gasteiger charge is -2.27. The van der Waals surface area contributed by atoms with Crippen LogP contribution in [0.3, 0.4) is 0 Å². The predicted octanol–water partition coefficient (Wildman–Crippen LogP) is 3.44. The lowest BCUT2D eigenvalue weighted by atomic mass is 10.1. The summed E-state index contributed by atoms with van der Waals surface area (Å²) in [6.45, 7) is 4.43. The van der Waals surface area contributed by atoms with Crippen LogP contribution in [0.25, 0.3) is 11.1 Å². The zero-order valence-corrected chi connectivity index (χ0v) is 11.8. The van der Waals surface area contributed by atoms with Crippen LogP contribution in [0.1, 0.15) is 36.7 Å². The molecule has 1 saturated heterocycles. The molecule has 0 aliphatic carbocycles. The van der Waals surface area contributed by atoms with Crippen LogP contribution in [0.15, 0.2) is 35.0 Å². The van der Waals surface area contributed by atoms with Gasteiger partial charge in [-0.3, -0.25) is 4.79 Å². The maximum atomic E-state index is 12.7. The SMILES string of the molecule is C/C=C\Cn1c(C(=O)N2CCCCC2)cc2occc21. The Labute approximate surface area is 118 Å². The number of furan rings is 1. The number of piperidine rings is 1. The van der Waals surface area contributed by atoms with E-state index in [9.17, 15) is 4.79 Å². The van der Waals surface area contributed by atoms with Crippen LogP contribution in [-0.2, 0) is 6.54 Å². The normalized spacial score (nSPS) is 16.4. The quantitative estimate of drug-likeness (QED) is 0.803. The van der Waals surface area contributed by atoms with Gasteiger partial charge in [0.25, 0.3) is 5.91 Å². The standard InChI is InChI=1S/C16H20N2O2/c1-2-3-10-18-13-7-11-20-15(13)12-14(18)16(19)17-8-5-4-6-9-17/h2-3,7,11-12H,4-6,8-10H2,1H3/b3-2-. The Morgan fingerprint density at radius 3 is 2.90 bits per heavy atom. The Balaban J connectivity index is 1.96. The Kier molecular flexibility index (Phi) is 3.63. The van der Waals surface area contributed by atoms with Gasteiger partial charge in [-0.25, -0.2) is 0 Å². The second kappa shape index (κ2) is 5.57. The van der Waals surface area contributed by atoms with Crippen LogP contribution < -0.4 is 0 Å². The Morgan fingerprint density at radius 2 is 2.15 bits per heavy atom. The van der Waals surface area contributed by atoms with Crippen molar-refractivity contribution in [1.82, 2.24) is 9.47 Å². The van der Waals surface area contributed by atoms with Crippen LogP contribution in [0.2, 0.25) is 0 Å². The number of carbonyl (C=O) groups excluding carboxylic acids is 1. The van der Waals surface area contributed by atoms with E-state index in [0.717, 1.165) is 42.7 Å². The molecule has 0 saturated carbocycles. The minimum Gasteiger partial charge on any atom is -0.463 e. The van der Waals surface area contributed by atoms with E-state index < -0.39 is 0 Å². The van der Waals surface area contributed by atoms with E-state index in [1.54, 1.807) is 6.26 Å². The van der Waals surface area contributed by atoms with Crippen molar-refractivity contribution < 1.29 is 9.21 Å². The number of fused-ring (bicyclic) bond motifs is 1. The molecular formula is C16H20N2O2. The first-order valence-electron chi connectivity index (χ1n) is 7.28. The maximum Gasteiger partial charge on any atom is 0.270 e. The predicted molar refractivity (Wildman–Crippen MR) is 78.8 cm³/mol. The lowest BCUT2D eigenvalue weighted by Crippen LogP contribution is -2.36. The van der Waals surface area contributed by atoms with E-state index in [-0.39, 0.29) is 5.91 Å². The number of hydrogen-bond acceptors (Lipinski definition) is 2. The van der Waals surface area contributed by atoms with E-state index in [4.69, 9.17) is 4.42 Å². The second-order valence-corrected chi connectivity index (χ2v) is 5.23. The van der Waals surface area contributed by atoms with Crippen LogP contribution in [0.5, 0.6) is 0 Å². The zero-order chi connectivity index (χ0) is 13.9. The molecule has 2 aromatic rings. The molecule has 106 valence electrons. The topological polar surface area (TPSA) is 38.4 Å².